The summed E-state index contributed by atoms with van der Waals surface area (Å²) in [5, 5.41) is 4.50. The number of hydrogen-bond acceptors (Lipinski definition) is 8. The molecule has 12 heteroatoms. The molecule has 8 nitrogen and oxygen atoms in total. The predicted octanol–water partition coefficient (Wildman–Crippen LogP) is 6.52. The molecule has 3 aromatic rings. The van der Waals surface area contributed by atoms with Gasteiger partial charge in [0.2, 0.25) is 0 Å². The van der Waals surface area contributed by atoms with E-state index in [4.69, 9.17) is 9.47 Å². The number of aromatic nitrogens is 3. The van der Waals surface area contributed by atoms with Gasteiger partial charge in [0, 0.05) is 24.7 Å². The van der Waals surface area contributed by atoms with Crippen molar-refractivity contribution in [3.05, 3.63) is 41.5 Å². The Morgan fingerprint density at radius 2 is 1.86 bits per heavy atom. The van der Waals surface area contributed by atoms with Crippen LogP contribution >= 0.6 is 11.3 Å². The summed E-state index contributed by atoms with van der Waals surface area (Å²) in [7, 11) is 1.32. The minimum absolute atomic E-state index is 0.0258. The molecule has 0 bridgehead atoms. The average Bonchev–Trinajstić information content (AvgIpc) is 3.20. The summed E-state index contributed by atoms with van der Waals surface area (Å²) in [5.41, 5.74) is -0.923. The van der Waals surface area contributed by atoms with E-state index >= 15 is 0 Å². The third-order valence-corrected chi connectivity index (χ3v) is 5.09. The van der Waals surface area contributed by atoms with Gasteiger partial charge < -0.3 is 14.8 Å². The lowest BCUT2D eigenvalue weighted by Crippen LogP contribution is -2.34. The summed E-state index contributed by atoms with van der Waals surface area (Å²) in [6.07, 6.45) is -2.83. The van der Waals surface area contributed by atoms with E-state index < -0.39 is 29.3 Å². The zero-order valence-electron chi connectivity index (χ0n) is 20.1. The van der Waals surface area contributed by atoms with Crippen molar-refractivity contribution in [2.75, 3.05) is 17.3 Å². The molecule has 3 rings (SSSR count). The molecular weight excluding hydrogens is 483 g/mol. The van der Waals surface area contributed by atoms with Gasteiger partial charge in [-0.2, -0.15) is 13.2 Å². The van der Waals surface area contributed by atoms with E-state index in [1.165, 1.54) is 7.05 Å². The lowest BCUT2D eigenvalue weighted by molar-refractivity contribution is -0.137. The van der Waals surface area contributed by atoms with Crippen LogP contribution in [0.1, 0.15) is 40.2 Å². The Morgan fingerprint density at radius 3 is 2.49 bits per heavy atom. The van der Waals surface area contributed by atoms with E-state index in [2.05, 4.69) is 20.3 Å². The fourth-order valence-electron chi connectivity index (χ4n) is 2.84. The highest BCUT2D eigenvalue weighted by Gasteiger charge is 2.36. The Bertz CT molecular complexity index is 1190. The lowest BCUT2D eigenvalue weighted by Gasteiger charge is -2.25. The highest BCUT2D eigenvalue weighted by Crippen LogP contribution is 2.38. The van der Waals surface area contributed by atoms with Gasteiger partial charge in [-0.25, -0.2) is 14.8 Å². The van der Waals surface area contributed by atoms with E-state index in [0.29, 0.717) is 17.1 Å². The first kappa shape index (κ1) is 26.2. The molecule has 0 unspecified atom stereocenters. The fraction of sp³-hybridized carbons (Fsp3) is 0.391. The van der Waals surface area contributed by atoms with Gasteiger partial charge in [-0.3, -0.25) is 9.88 Å². The summed E-state index contributed by atoms with van der Waals surface area (Å²) in [6, 6.07) is 4.26. The quantitative estimate of drug-likeness (QED) is 0.405. The largest absolute Gasteiger partial charge is 0.491 e. The second kappa shape index (κ2) is 10.1. The van der Waals surface area contributed by atoms with Crippen molar-refractivity contribution in [3.8, 4) is 17.1 Å². The summed E-state index contributed by atoms with van der Waals surface area (Å²) >= 11 is 1.11. The van der Waals surface area contributed by atoms with E-state index in [0.717, 1.165) is 28.5 Å². The number of carbonyl (C=O) groups excluding carboxylic acids is 1. The number of halogens is 3. The number of carbonyl (C=O) groups is 1. The van der Waals surface area contributed by atoms with E-state index in [1.807, 2.05) is 13.8 Å². The number of hydrogen-bond donors (Lipinski definition) is 1. The number of rotatable bonds is 6. The lowest BCUT2D eigenvalue weighted by atomic mass is 10.2. The van der Waals surface area contributed by atoms with Gasteiger partial charge >= 0.3 is 12.3 Å². The second-order valence-electron chi connectivity index (χ2n) is 8.83. The maximum absolute atomic E-state index is 13.8. The van der Waals surface area contributed by atoms with Gasteiger partial charge in [-0.15, -0.1) is 11.3 Å². The van der Waals surface area contributed by atoms with Crippen LogP contribution in [0.2, 0.25) is 0 Å². The number of nitrogens with zero attached hydrogens (tertiary/aromatic N) is 4. The Hall–Kier alpha value is -3.41. The molecule has 0 atom stereocenters. The van der Waals surface area contributed by atoms with Crippen LogP contribution in [0.3, 0.4) is 0 Å². The molecule has 0 saturated carbocycles. The van der Waals surface area contributed by atoms with Crippen molar-refractivity contribution in [3.63, 3.8) is 0 Å². The first-order valence-electron chi connectivity index (χ1n) is 10.6. The summed E-state index contributed by atoms with van der Waals surface area (Å²) < 4.78 is 52.4. The summed E-state index contributed by atoms with van der Waals surface area (Å²) in [4.78, 5) is 25.8. The van der Waals surface area contributed by atoms with Crippen molar-refractivity contribution in [1.29, 1.82) is 0 Å². The molecule has 35 heavy (non-hydrogen) atoms. The Morgan fingerprint density at radius 1 is 1.14 bits per heavy atom. The number of amides is 1. The van der Waals surface area contributed by atoms with Gasteiger partial charge in [-0.1, -0.05) is 0 Å². The van der Waals surface area contributed by atoms with Gasteiger partial charge in [0.1, 0.15) is 28.4 Å². The van der Waals surface area contributed by atoms with Crippen LogP contribution in [0, 0.1) is 0 Å². The first-order chi connectivity index (χ1) is 16.2. The molecule has 0 aliphatic rings. The van der Waals surface area contributed by atoms with Crippen LogP contribution in [-0.2, 0) is 10.9 Å². The Kier molecular flexibility index (Phi) is 7.53. The number of nitrogens with one attached hydrogen (secondary N) is 1. The van der Waals surface area contributed by atoms with Gasteiger partial charge in [0.15, 0.2) is 5.13 Å². The number of thiazole rings is 1. The van der Waals surface area contributed by atoms with Crippen LogP contribution in [0.5, 0.6) is 5.75 Å². The number of alkyl halides is 3. The molecule has 3 aromatic heterocycles. The monoisotopic (exact) mass is 509 g/mol. The maximum atomic E-state index is 13.8. The van der Waals surface area contributed by atoms with Gasteiger partial charge in [0.05, 0.1) is 23.7 Å². The second-order valence-corrected chi connectivity index (χ2v) is 9.69. The van der Waals surface area contributed by atoms with Gasteiger partial charge in [-0.05, 0) is 46.8 Å². The van der Waals surface area contributed by atoms with Crippen molar-refractivity contribution >= 4 is 34.1 Å². The van der Waals surface area contributed by atoms with Crippen molar-refractivity contribution in [2.24, 2.45) is 0 Å². The molecule has 188 valence electrons. The van der Waals surface area contributed by atoms with E-state index in [1.54, 1.807) is 44.5 Å². The Balaban J connectivity index is 1.86. The SMILES string of the molecule is CC(C)Oc1ccnc(-c2csc(Nc3ncc(N(C)C(=O)OC(C)(C)C)cc3C(F)(F)F)n2)c1. The third-order valence-electron chi connectivity index (χ3n) is 4.33. The third kappa shape index (κ3) is 7.04. The standard InChI is InChI=1S/C23H26F3N5O3S/c1-13(2)33-15-7-8-27-17(10-15)18-12-35-20(29-18)30-19-16(23(24,25)26)9-14(11-28-19)31(6)21(32)34-22(3,4)5/h7-13H,1-6H3,(H,28,29,30). The van der Waals surface area contributed by atoms with Crippen LogP contribution < -0.4 is 15.0 Å². The number of ether oxygens (including phenoxy) is 2. The van der Waals surface area contributed by atoms with E-state index in [9.17, 15) is 18.0 Å². The van der Waals surface area contributed by atoms with Crippen molar-refractivity contribution in [1.82, 2.24) is 15.0 Å². The fourth-order valence-corrected chi connectivity index (χ4v) is 3.54. The minimum atomic E-state index is -4.73. The molecule has 0 saturated heterocycles. The summed E-state index contributed by atoms with van der Waals surface area (Å²) in [5.74, 6) is 0.169. The topological polar surface area (TPSA) is 89.5 Å². The van der Waals surface area contributed by atoms with Crippen molar-refractivity contribution < 1.29 is 27.4 Å². The van der Waals surface area contributed by atoms with E-state index in [-0.39, 0.29) is 16.9 Å². The molecule has 1 amide bonds. The van der Waals surface area contributed by atoms with Gasteiger partial charge in [0.25, 0.3) is 0 Å². The average molecular weight is 510 g/mol. The van der Waals surface area contributed by atoms with Crippen molar-refractivity contribution in [2.45, 2.75) is 52.5 Å². The number of pyridine rings is 2. The molecule has 0 aromatic carbocycles. The minimum Gasteiger partial charge on any atom is -0.491 e. The molecule has 0 aliphatic heterocycles. The predicted molar refractivity (Wildman–Crippen MR) is 128 cm³/mol. The van der Waals surface area contributed by atoms with Crippen LogP contribution in [0.25, 0.3) is 11.4 Å². The van der Waals surface area contributed by atoms with Crippen LogP contribution in [-0.4, -0.2) is 39.8 Å². The first-order valence-corrected chi connectivity index (χ1v) is 11.5. The molecule has 0 spiro atoms. The highest BCUT2D eigenvalue weighted by atomic mass is 32.1. The Labute approximate surface area is 205 Å². The normalized spacial score (nSPS) is 11.9. The molecule has 0 aliphatic carbocycles. The molecule has 1 N–H and O–H groups in total. The zero-order chi connectivity index (χ0) is 26.0. The van der Waals surface area contributed by atoms with Crippen LogP contribution in [0.15, 0.2) is 36.0 Å². The molecule has 0 fully saturated rings. The molecular formula is C23H26F3N5O3S. The summed E-state index contributed by atoms with van der Waals surface area (Å²) in [6.45, 7) is 8.78. The highest BCUT2D eigenvalue weighted by molar-refractivity contribution is 7.14. The number of anilines is 3. The zero-order valence-corrected chi connectivity index (χ0v) is 20.9. The smallest absolute Gasteiger partial charge is 0.420 e. The molecule has 0 radical (unpaired) electrons. The maximum Gasteiger partial charge on any atom is 0.420 e. The molecule has 3 heterocycles. The van der Waals surface area contributed by atoms with Crippen LogP contribution in [0.4, 0.5) is 34.6 Å².